The van der Waals surface area contributed by atoms with E-state index in [9.17, 15) is 0 Å². The van der Waals surface area contributed by atoms with Crippen LogP contribution in [0.3, 0.4) is 0 Å². The molecule has 0 saturated heterocycles. The predicted octanol–water partition coefficient (Wildman–Crippen LogP) is 1.91. The molecule has 1 aromatic rings. The number of benzene rings is 1. The molecular weight excluding hydrogens is 172 g/mol. The predicted molar refractivity (Wildman–Crippen MR) is 61.4 cm³/mol. The van der Waals surface area contributed by atoms with Gasteiger partial charge in [0, 0.05) is 12.1 Å². The fraction of sp³-hybridized carbons (Fsp3) is 0.500. The van der Waals surface area contributed by atoms with Gasteiger partial charge in [-0.05, 0) is 38.9 Å². The van der Waals surface area contributed by atoms with Crippen LogP contribution in [0.2, 0.25) is 0 Å². The van der Waals surface area contributed by atoms with E-state index < -0.39 is 0 Å². The van der Waals surface area contributed by atoms with E-state index in [-0.39, 0.29) is 12.1 Å². The minimum atomic E-state index is 0.126. The Balaban J connectivity index is 3.04. The van der Waals surface area contributed by atoms with Gasteiger partial charge >= 0.3 is 0 Å². The lowest BCUT2D eigenvalue weighted by molar-refractivity contribution is 0.501. The van der Waals surface area contributed by atoms with Crippen molar-refractivity contribution in [2.45, 2.75) is 32.9 Å². The molecule has 2 heteroatoms. The molecule has 0 heterocycles. The number of aryl methyl sites for hydroxylation is 2. The molecule has 78 valence electrons. The summed E-state index contributed by atoms with van der Waals surface area (Å²) in [7, 11) is 1.95. The largest absolute Gasteiger partial charge is 0.326 e. The number of likely N-dealkylation sites (N-methyl/N-ethyl adjacent to an activating group) is 1. The number of nitrogens with two attached hydrogens (primary N) is 1. The molecule has 14 heavy (non-hydrogen) atoms. The maximum atomic E-state index is 5.92. The van der Waals surface area contributed by atoms with Gasteiger partial charge in [-0.15, -0.1) is 0 Å². The third-order valence-electron chi connectivity index (χ3n) is 2.60. The van der Waals surface area contributed by atoms with Crippen molar-refractivity contribution in [3.8, 4) is 0 Å². The zero-order valence-corrected chi connectivity index (χ0v) is 9.46. The van der Waals surface area contributed by atoms with E-state index in [0.29, 0.717) is 0 Å². The van der Waals surface area contributed by atoms with Gasteiger partial charge < -0.3 is 11.1 Å². The van der Waals surface area contributed by atoms with E-state index in [1.54, 1.807) is 0 Å². The van der Waals surface area contributed by atoms with Crippen LogP contribution in [0, 0.1) is 13.8 Å². The number of hydrogen-bond donors (Lipinski definition) is 2. The lowest BCUT2D eigenvalue weighted by Crippen LogP contribution is -2.34. The Morgan fingerprint density at radius 2 is 1.93 bits per heavy atom. The summed E-state index contributed by atoms with van der Waals surface area (Å²) >= 11 is 0. The Morgan fingerprint density at radius 1 is 1.29 bits per heavy atom. The molecule has 1 rings (SSSR count). The first-order valence-corrected chi connectivity index (χ1v) is 5.06. The van der Waals surface area contributed by atoms with Gasteiger partial charge in [0.25, 0.3) is 0 Å². The molecular formula is C12H20N2. The van der Waals surface area contributed by atoms with Gasteiger partial charge in [0.15, 0.2) is 0 Å². The highest BCUT2D eigenvalue weighted by atomic mass is 14.9. The van der Waals surface area contributed by atoms with Crippen molar-refractivity contribution in [1.82, 2.24) is 5.32 Å². The standard InChI is InChI=1S/C12H20N2/c1-8-5-6-11(9(2)7-8)12(14-4)10(3)13/h5-7,10,12,14H,13H2,1-4H3. The molecule has 0 aliphatic heterocycles. The Kier molecular flexibility index (Phi) is 3.67. The van der Waals surface area contributed by atoms with Crippen molar-refractivity contribution in [3.05, 3.63) is 34.9 Å². The van der Waals surface area contributed by atoms with Crippen LogP contribution in [0.15, 0.2) is 18.2 Å². The van der Waals surface area contributed by atoms with E-state index in [1.807, 2.05) is 14.0 Å². The van der Waals surface area contributed by atoms with E-state index in [0.717, 1.165) is 0 Å². The van der Waals surface area contributed by atoms with Crippen molar-refractivity contribution in [2.75, 3.05) is 7.05 Å². The second-order valence-electron chi connectivity index (χ2n) is 3.99. The number of rotatable bonds is 3. The Hall–Kier alpha value is -0.860. The van der Waals surface area contributed by atoms with Gasteiger partial charge in [-0.3, -0.25) is 0 Å². The third kappa shape index (κ3) is 2.34. The summed E-state index contributed by atoms with van der Waals surface area (Å²) in [6.45, 7) is 6.27. The van der Waals surface area contributed by atoms with Crippen molar-refractivity contribution >= 4 is 0 Å². The SMILES string of the molecule is CNC(c1ccc(C)cc1C)C(C)N. The third-order valence-corrected chi connectivity index (χ3v) is 2.60. The molecule has 1 aromatic carbocycles. The molecule has 2 unspecified atom stereocenters. The van der Waals surface area contributed by atoms with Crippen LogP contribution in [-0.2, 0) is 0 Å². The quantitative estimate of drug-likeness (QED) is 0.767. The fourth-order valence-electron chi connectivity index (χ4n) is 1.88. The van der Waals surface area contributed by atoms with Gasteiger partial charge in [-0.1, -0.05) is 23.8 Å². The highest BCUT2D eigenvalue weighted by molar-refractivity contribution is 5.33. The van der Waals surface area contributed by atoms with Gasteiger partial charge in [0.05, 0.1) is 0 Å². The fourth-order valence-corrected chi connectivity index (χ4v) is 1.88. The average molecular weight is 192 g/mol. The molecule has 0 fully saturated rings. The van der Waals surface area contributed by atoms with Gasteiger partial charge in [0.2, 0.25) is 0 Å². The maximum absolute atomic E-state index is 5.92. The second kappa shape index (κ2) is 4.58. The molecule has 2 atom stereocenters. The van der Waals surface area contributed by atoms with Crippen molar-refractivity contribution in [1.29, 1.82) is 0 Å². The summed E-state index contributed by atoms with van der Waals surface area (Å²) in [5.74, 6) is 0. The van der Waals surface area contributed by atoms with Gasteiger partial charge in [-0.2, -0.15) is 0 Å². The highest BCUT2D eigenvalue weighted by Crippen LogP contribution is 2.20. The molecule has 2 nitrogen and oxygen atoms in total. The van der Waals surface area contributed by atoms with Crippen LogP contribution < -0.4 is 11.1 Å². The molecule has 0 radical (unpaired) electrons. The van der Waals surface area contributed by atoms with Crippen LogP contribution in [0.1, 0.15) is 29.7 Å². The van der Waals surface area contributed by atoms with Crippen LogP contribution in [0.25, 0.3) is 0 Å². The molecule has 0 bridgehead atoms. The Bertz CT molecular complexity index is 305. The first kappa shape index (κ1) is 11.2. The monoisotopic (exact) mass is 192 g/mol. The lowest BCUT2D eigenvalue weighted by Gasteiger charge is -2.22. The van der Waals surface area contributed by atoms with Crippen molar-refractivity contribution in [2.24, 2.45) is 5.73 Å². The average Bonchev–Trinajstić information content (AvgIpc) is 2.09. The first-order valence-electron chi connectivity index (χ1n) is 5.06. The van der Waals surface area contributed by atoms with E-state index in [4.69, 9.17) is 5.73 Å². The van der Waals surface area contributed by atoms with E-state index in [2.05, 4.69) is 37.4 Å². The number of hydrogen-bond acceptors (Lipinski definition) is 2. The van der Waals surface area contributed by atoms with Gasteiger partial charge in [0.1, 0.15) is 0 Å². The summed E-state index contributed by atoms with van der Waals surface area (Å²) in [4.78, 5) is 0. The van der Waals surface area contributed by atoms with Crippen LogP contribution >= 0.6 is 0 Å². The normalized spacial score (nSPS) is 15.2. The molecule has 0 spiro atoms. The van der Waals surface area contributed by atoms with E-state index in [1.165, 1.54) is 16.7 Å². The summed E-state index contributed by atoms with van der Waals surface area (Å²) in [6.07, 6.45) is 0. The molecule has 0 aromatic heterocycles. The maximum Gasteiger partial charge on any atom is 0.0471 e. The summed E-state index contributed by atoms with van der Waals surface area (Å²) in [5, 5.41) is 3.25. The Morgan fingerprint density at radius 3 is 2.36 bits per heavy atom. The number of nitrogens with one attached hydrogen (secondary N) is 1. The summed E-state index contributed by atoms with van der Waals surface area (Å²) in [6, 6.07) is 6.86. The zero-order chi connectivity index (χ0) is 10.7. The first-order chi connectivity index (χ1) is 6.56. The van der Waals surface area contributed by atoms with Gasteiger partial charge in [-0.25, -0.2) is 0 Å². The second-order valence-corrected chi connectivity index (χ2v) is 3.99. The minimum absolute atomic E-state index is 0.126. The summed E-state index contributed by atoms with van der Waals surface area (Å²) < 4.78 is 0. The zero-order valence-electron chi connectivity index (χ0n) is 9.46. The molecule has 0 aliphatic carbocycles. The van der Waals surface area contributed by atoms with E-state index >= 15 is 0 Å². The molecule has 0 aliphatic rings. The smallest absolute Gasteiger partial charge is 0.0471 e. The molecule has 3 N–H and O–H groups in total. The lowest BCUT2D eigenvalue weighted by atomic mass is 9.95. The van der Waals surface area contributed by atoms with Crippen LogP contribution in [-0.4, -0.2) is 13.1 Å². The molecule has 0 amide bonds. The Labute approximate surface area is 86.5 Å². The topological polar surface area (TPSA) is 38.0 Å². The van der Waals surface area contributed by atoms with Crippen LogP contribution in [0.4, 0.5) is 0 Å². The molecule has 0 saturated carbocycles. The minimum Gasteiger partial charge on any atom is -0.326 e. The highest BCUT2D eigenvalue weighted by Gasteiger charge is 2.15. The summed E-state index contributed by atoms with van der Waals surface area (Å²) in [5.41, 5.74) is 9.83. The van der Waals surface area contributed by atoms with Crippen molar-refractivity contribution < 1.29 is 0 Å². The van der Waals surface area contributed by atoms with Crippen molar-refractivity contribution in [3.63, 3.8) is 0 Å². The van der Waals surface area contributed by atoms with Crippen LogP contribution in [0.5, 0.6) is 0 Å².